The Bertz CT molecular complexity index is 1290. The fourth-order valence-corrected chi connectivity index (χ4v) is 4.31. The van der Waals surface area contributed by atoms with Crippen LogP contribution in [0, 0.1) is 0 Å². The molecule has 3 aromatic rings. The van der Waals surface area contributed by atoms with Gasteiger partial charge in [-0.3, -0.25) is 0 Å². The summed E-state index contributed by atoms with van der Waals surface area (Å²) in [5.41, 5.74) is 14.5. The number of benzene rings is 1. The largest absolute Gasteiger partial charge is 0.437 e. The van der Waals surface area contributed by atoms with Crippen molar-refractivity contribution >= 4 is 22.5 Å². The van der Waals surface area contributed by atoms with Crippen LogP contribution in [0.1, 0.15) is 12.2 Å². The highest BCUT2D eigenvalue weighted by Crippen LogP contribution is 2.40. The summed E-state index contributed by atoms with van der Waals surface area (Å²) in [4.78, 5) is 16.0. The van der Waals surface area contributed by atoms with E-state index in [1.54, 1.807) is 6.20 Å². The molecule has 4 rings (SSSR count). The number of allylic oxidation sites excluding steroid dienone is 1. The van der Waals surface area contributed by atoms with Crippen molar-refractivity contribution < 1.29 is 13.5 Å². The number of aromatic nitrogens is 3. The first-order chi connectivity index (χ1) is 16.6. The molecule has 186 valence electrons. The third-order valence-electron chi connectivity index (χ3n) is 6.00. The number of alkyl halides is 2. The van der Waals surface area contributed by atoms with Crippen LogP contribution >= 0.6 is 11.6 Å². The molecule has 11 heteroatoms. The van der Waals surface area contributed by atoms with Crippen molar-refractivity contribution in [2.45, 2.75) is 18.6 Å². The van der Waals surface area contributed by atoms with Crippen molar-refractivity contribution in [1.82, 2.24) is 24.8 Å². The van der Waals surface area contributed by atoms with Crippen LogP contribution in [0.5, 0.6) is 0 Å². The van der Waals surface area contributed by atoms with Crippen LogP contribution in [0.25, 0.3) is 22.2 Å². The Morgan fingerprint density at radius 1 is 1.23 bits per heavy atom. The molecule has 2 heterocycles. The number of hydrogen-bond donors (Lipinski definition) is 3. The van der Waals surface area contributed by atoms with E-state index in [0.29, 0.717) is 28.7 Å². The first-order valence-electron chi connectivity index (χ1n) is 11.0. The molecular weight excluding hydrogens is 476 g/mol. The van der Waals surface area contributed by atoms with Crippen LogP contribution < -0.4 is 11.5 Å². The Morgan fingerprint density at radius 2 is 1.97 bits per heavy atom. The number of para-hydroxylation sites is 1. The van der Waals surface area contributed by atoms with Crippen LogP contribution in [0.3, 0.4) is 0 Å². The van der Waals surface area contributed by atoms with E-state index in [4.69, 9.17) is 27.8 Å². The van der Waals surface area contributed by atoms with Crippen LogP contribution in [-0.2, 0) is 10.3 Å². The van der Waals surface area contributed by atoms with Gasteiger partial charge in [0.1, 0.15) is 11.3 Å². The van der Waals surface area contributed by atoms with E-state index in [1.807, 2.05) is 55.2 Å². The molecule has 0 saturated carbocycles. The van der Waals surface area contributed by atoms with Crippen molar-refractivity contribution in [2.24, 2.45) is 11.5 Å². The summed E-state index contributed by atoms with van der Waals surface area (Å²) in [6.45, 7) is -1.72. The van der Waals surface area contributed by atoms with Gasteiger partial charge in [0, 0.05) is 67.2 Å². The number of nitrogens with two attached hydrogens (primary N) is 2. The molecule has 0 aliphatic heterocycles. The number of likely N-dealkylation sites (N-methyl/N-ethyl adjacent to an activating group) is 2. The Kier molecular flexibility index (Phi) is 6.98. The van der Waals surface area contributed by atoms with Gasteiger partial charge in [0.05, 0.1) is 16.4 Å². The molecule has 0 saturated heterocycles. The summed E-state index contributed by atoms with van der Waals surface area (Å²) < 4.78 is 31.8. The van der Waals surface area contributed by atoms with Gasteiger partial charge in [0.2, 0.25) is 0 Å². The van der Waals surface area contributed by atoms with E-state index in [1.165, 1.54) is 12.3 Å². The van der Waals surface area contributed by atoms with Gasteiger partial charge < -0.3 is 31.0 Å². The quantitative estimate of drug-likeness (QED) is 0.430. The lowest BCUT2D eigenvalue weighted by molar-refractivity contribution is -0.108. The van der Waals surface area contributed by atoms with Gasteiger partial charge in [-0.05, 0) is 20.2 Å². The molecular formula is C24H28ClF2N7O. The Morgan fingerprint density at radius 3 is 2.69 bits per heavy atom. The van der Waals surface area contributed by atoms with Crippen LogP contribution in [0.2, 0.25) is 5.02 Å². The van der Waals surface area contributed by atoms with E-state index in [2.05, 4.69) is 15.0 Å². The molecule has 1 aliphatic rings. The predicted molar refractivity (Wildman–Crippen MR) is 132 cm³/mol. The van der Waals surface area contributed by atoms with Gasteiger partial charge in [-0.25, -0.2) is 9.97 Å². The number of ether oxygens (including phenoxy) is 1. The molecule has 2 aromatic heterocycles. The number of halogens is 3. The van der Waals surface area contributed by atoms with Crippen molar-refractivity contribution in [3.63, 3.8) is 0 Å². The number of nitrogens with zero attached hydrogens (tertiary/aromatic N) is 4. The zero-order chi connectivity index (χ0) is 25.3. The molecule has 0 amide bonds. The lowest BCUT2D eigenvalue weighted by Gasteiger charge is -2.36. The van der Waals surface area contributed by atoms with E-state index >= 15 is 0 Å². The Labute approximate surface area is 207 Å². The molecule has 1 aromatic carbocycles. The number of rotatable bonds is 8. The molecule has 1 atom stereocenters. The van der Waals surface area contributed by atoms with Gasteiger partial charge in [0.15, 0.2) is 5.82 Å². The molecule has 0 radical (unpaired) electrons. The van der Waals surface area contributed by atoms with Gasteiger partial charge in [-0.15, -0.1) is 0 Å². The fraction of sp³-hybridized carbons (Fsp3) is 0.333. The normalized spacial score (nSPS) is 18.5. The standard InChI is InChI=1S/C24H28ClF2N7O/c1-33(2)8-9-34(3)19-10-20(35-23(26)27)24(29,11-17(19)28)22-31-13-16(25)21(32-22)15-12-30-18-7-5-4-6-14(15)18/h4-7,10,12-13,23,30H,8-9,11,28-29H2,1-3H3. The molecule has 5 N–H and O–H groups in total. The second-order valence-corrected chi connectivity index (χ2v) is 9.22. The predicted octanol–water partition coefficient (Wildman–Crippen LogP) is 3.62. The van der Waals surface area contributed by atoms with Crippen molar-refractivity contribution in [2.75, 3.05) is 34.2 Å². The summed E-state index contributed by atoms with van der Waals surface area (Å²) in [5, 5.41) is 1.20. The van der Waals surface area contributed by atoms with Crippen molar-refractivity contribution in [1.29, 1.82) is 0 Å². The smallest absolute Gasteiger partial charge is 0.387 e. The van der Waals surface area contributed by atoms with Crippen LogP contribution in [0.4, 0.5) is 8.78 Å². The first kappa shape index (κ1) is 24.9. The molecule has 35 heavy (non-hydrogen) atoms. The van der Waals surface area contributed by atoms with Gasteiger partial charge in [0.25, 0.3) is 0 Å². The lowest BCUT2D eigenvalue weighted by Crippen LogP contribution is -2.46. The highest BCUT2D eigenvalue weighted by Gasteiger charge is 2.43. The molecule has 1 unspecified atom stereocenters. The monoisotopic (exact) mass is 503 g/mol. The zero-order valence-electron chi connectivity index (χ0n) is 19.7. The number of nitrogens with one attached hydrogen (secondary N) is 1. The summed E-state index contributed by atoms with van der Waals surface area (Å²) in [7, 11) is 5.73. The lowest BCUT2D eigenvalue weighted by atomic mass is 9.85. The average molecular weight is 504 g/mol. The molecule has 0 bridgehead atoms. The second-order valence-electron chi connectivity index (χ2n) is 8.81. The topological polar surface area (TPSA) is 109 Å². The minimum Gasteiger partial charge on any atom is -0.437 e. The highest BCUT2D eigenvalue weighted by atomic mass is 35.5. The average Bonchev–Trinajstić information content (AvgIpc) is 3.23. The van der Waals surface area contributed by atoms with E-state index in [0.717, 1.165) is 23.0 Å². The summed E-state index contributed by atoms with van der Waals surface area (Å²) >= 11 is 6.46. The van der Waals surface area contributed by atoms with Crippen molar-refractivity contribution in [3.8, 4) is 11.3 Å². The third-order valence-corrected chi connectivity index (χ3v) is 6.28. The summed E-state index contributed by atoms with van der Waals surface area (Å²) in [6, 6.07) is 7.67. The maximum absolute atomic E-state index is 13.4. The number of hydrogen-bond acceptors (Lipinski definition) is 7. The first-order valence-corrected chi connectivity index (χ1v) is 11.4. The summed E-state index contributed by atoms with van der Waals surface area (Å²) in [6.07, 6.45) is 4.63. The highest BCUT2D eigenvalue weighted by molar-refractivity contribution is 6.33. The van der Waals surface area contributed by atoms with E-state index in [-0.39, 0.29) is 18.0 Å². The van der Waals surface area contributed by atoms with Gasteiger partial charge >= 0.3 is 6.61 Å². The molecule has 0 fully saturated rings. The van der Waals surface area contributed by atoms with E-state index in [9.17, 15) is 8.78 Å². The molecule has 0 spiro atoms. The second kappa shape index (κ2) is 9.80. The zero-order valence-corrected chi connectivity index (χ0v) is 20.5. The third kappa shape index (κ3) is 4.95. The maximum Gasteiger partial charge on any atom is 0.387 e. The van der Waals surface area contributed by atoms with Crippen LogP contribution in [-0.4, -0.2) is 65.6 Å². The minimum absolute atomic E-state index is 0.0118. The summed E-state index contributed by atoms with van der Waals surface area (Å²) in [5.74, 6) is -0.0902. The number of aromatic amines is 1. The number of fused-ring (bicyclic) bond motifs is 1. The van der Waals surface area contributed by atoms with Crippen molar-refractivity contribution in [3.05, 3.63) is 70.7 Å². The van der Waals surface area contributed by atoms with Gasteiger partial charge in [-0.1, -0.05) is 29.8 Å². The van der Waals surface area contributed by atoms with Gasteiger partial charge in [-0.2, -0.15) is 8.78 Å². The number of H-pyrrole nitrogens is 1. The maximum atomic E-state index is 13.4. The minimum atomic E-state index is -3.09. The SMILES string of the molecule is CN(C)CCN(C)C1=C(N)CC(N)(c2ncc(Cl)c(-c3c[nH]c4ccccc34)n2)C(OC(F)F)=C1. The Hall–Kier alpha value is -3.21. The molecule has 8 nitrogen and oxygen atoms in total. The fourth-order valence-electron chi connectivity index (χ4n) is 4.11. The molecule has 1 aliphatic carbocycles. The van der Waals surface area contributed by atoms with E-state index < -0.39 is 12.2 Å². The van der Waals surface area contributed by atoms with Crippen LogP contribution in [0.15, 0.2) is 59.9 Å². The Balaban J connectivity index is 1.77.